The largest absolute Gasteiger partial charge is 0.463 e. The number of nitrogens with zero attached hydrogens (tertiary/aromatic N) is 1. The van der Waals surface area contributed by atoms with Gasteiger partial charge in [0.2, 0.25) is 0 Å². The fourth-order valence-corrected chi connectivity index (χ4v) is 2.56. The SMILES string of the molecule is N#C/C(=C/c1coc2ccccc2c1=O)C(=O)NCCc1ccccc1. The van der Waals surface area contributed by atoms with Gasteiger partial charge in [-0.05, 0) is 30.2 Å². The van der Waals surface area contributed by atoms with Crippen molar-refractivity contribution < 1.29 is 9.21 Å². The Kier molecular flexibility index (Phi) is 5.25. The molecule has 0 spiro atoms. The van der Waals surface area contributed by atoms with Crippen LogP contribution in [0.2, 0.25) is 0 Å². The molecule has 128 valence electrons. The van der Waals surface area contributed by atoms with Crippen LogP contribution in [0.1, 0.15) is 11.1 Å². The van der Waals surface area contributed by atoms with Gasteiger partial charge in [-0.3, -0.25) is 9.59 Å². The third kappa shape index (κ3) is 3.87. The Balaban J connectivity index is 1.75. The lowest BCUT2D eigenvalue weighted by molar-refractivity contribution is -0.117. The topological polar surface area (TPSA) is 83.1 Å². The predicted octanol–water partition coefficient (Wildman–Crippen LogP) is 3.06. The maximum Gasteiger partial charge on any atom is 0.261 e. The lowest BCUT2D eigenvalue weighted by Crippen LogP contribution is -2.26. The van der Waals surface area contributed by atoms with E-state index in [1.807, 2.05) is 36.4 Å². The lowest BCUT2D eigenvalue weighted by atomic mass is 10.1. The Hall–Kier alpha value is -3.65. The van der Waals surface area contributed by atoms with E-state index in [4.69, 9.17) is 4.42 Å². The number of nitriles is 1. The molecule has 0 bridgehead atoms. The van der Waals surface area contributed by atoms with Crippen LogP contribution in [-0.2, 0) is 11.2 Å². The van der Waals surface area contributed by atoms with E-state index in [2.05, 4.69) is 5.32 Å². The molecule has 0 radical (unpaired) electrons. The van der Waals surface area contributed by atoms with E-state index >= 15 is 0 Å². The van der Waals surface area contributed by atoms with Crippen molar-refractivity contribution in [3.63, 3.8) is 0 Å². The Morgan fingerprint density at radius 3 is 2.62 bits per heavy atom. The standard InChI is InChI=1S/C21H16N2O3/c22-13-16(21(25)23-11-10-15-6-2-1-3-7-15)12-17-14-26-19-9-5-4-8-18(19)20(17)24/h1-9,12,14H,10-11H2,(H,23,25)/b16-12-. The number of nitrogens with one attached hydrogen (secondary N) is 1. The van der Waals surface area contributed by atoms with Crippen LogP contribution < -0.4 is 10.7 Å². The number of hydrogen-bond donors (Lipinski definition) is 1. The molecule has 26 heavy (non-hydrogen) atoms. The highest BCUT2D eigenvalue weighted by Gasteiger charge is 2.11. The molecule has 0 aliphatic rings. The van der Waals surface area contributed by atoms with E-state index in [0.29, 0.717) is 23.9 Å². The number of para-hydroxylation sites is 1. The van der Waals surface area contributed by atoms with E-state index in [-0.39, 0.29) is 16.6 Å². The molecule has 2 aromatic carbocycles. The lowest BCUT2D eigenvalue weighted by Gasteiger charge is -2.04. The van der Waals surface area contributed by atoms with Gasteiger partial charge in [0, 0.05) is 6.54 Å². The number of amides is 1. The van der Waals surface area contributed by atoms with E-state index in [9.17, 15) is 14.9 Å². The minimum atomic E-state index is -0.518. The second kappa shape index (κ2) is 7.95. The normalized spacial score (nSPS) is 11.1. The molecule has 1 aromatic heterocycles. The summed E-state index contributed by atoms with van der Waals surface area (Å²) in [6.45, 7) is 0.397. The molecular weight excluding hydrogens is 328 g/mol. The van der Waals surface area contributed by atoms with Gasteiger partial charge in [0.15, 0.2) is 5.43 Å². The van der Waals surface area contributed by atoms with Crippen LogP contribution in [0.25, 0.3) is 17.0 Å². The van der Waals surface area contributed by atoms with Gasteiger partial charge in [-0.1, -0.05) is 42.5 Å². The monoisotopic (exact) mass is 344 g/mol. The van der Waals surface area contributed by atoms with Gasteiger partial charge in [0.05, 0.1) is 10.9 Å². The van der Waals surface area contributed by atoms with Crippen molar-refractivity contribution in [1.29, 1.82) is 5.26 Å². The van der Waals surface area contributed by atoms with Crippen LogP contribution in [-0.4, -0.2) is 12.5 Å². The van der Waals surface area contributed by atoms with Gasteiger partial charge in [0.1, 0.15) is 23.5 Å². The number of rotatable bonds is 5. The summed E-state index contributed by atoms with van der Waals surface area (Å²) < 4.78 is 5.40. The summed E-state index contributed by atoms with van der Waals surface area (Å²) in [7, 11) is 0. The highest BCUT2D eigenvalue weighted by atomic mass is 16.3. The fraction of sp³-hybridized carbons (Fsp3) is 0.0952. The first-order valence-corrected chi connectivity index (χ1v) is 8.13. The van der Waals surface area contributed by atoms with Crippen LogP contribution in [0.5, 0.6) is 0 Å². The summed E-state index contributed by atoms with van der Waals surface area (Å²) in [5.74, 6) is -0.518. The maximum atomic E-state index is 12.5. The van der Waals surface area contributed by atoms with Gasteiger partial charge < -0.3 is 9.73 Å². The molecule has 1 heterocycles. The van der Waals surface area contributed by atoms with Crippen LogP contribution in [0.15, 0.2) is 75.6 Å². The maximum absolute atomic E-state index is 12.5. The third-order valence-corrected chi connectivity index (χ3v) is 3.91. The molecule has 0 unspecified atom stereocenters. The number of benzene rings is 2. The Bertz CT molecular complexity index is 1060. The quantitative estimate of drug-likeness (QED) is 0.569. The second-order valence-electron chi connectivity index (χ2n) is 5.68. The molecule has 0 saturated carbocycles. The number of hydrogen-bond acceptors (Lipinski definition) is 4. The predicted molar refractivity (Wildman–Crippen MR) is 99.2 cm³/mol. The highest BCUT2D eigenvalue weighted by Crippen LogP contribution is 2.12. The summed E-state index contributed by atoms with van der Waals surface area (Å²) in [6.07, 6.45) is 3.18. The average Bonchev–Trinajstić information content (AvgIpc) is 2.68. The van der Waals surface area contributed by atoms with Crippen LogP contribution in [0.3, 0.4) is 0 Å². The van der Waals surface area contributed by atoms with Crippen LogP contribution in [0, 0.1) is 11.3 Å². The fourth-order valence-electron chi connectivity index (χ4n) is 2.56. The first kappa shape index (κ1) is 17.2. The zero-order valence-electron chi connectivity index (χ0n) is 13.9. The van der Waals surface area contributed by atoms with E-state index < -0.39 is 5.91 Å². The second-order valence-corrected chi connectivity index (χ2v) is 5.68. The van der Waals surface area contributed by atoms with Gasteiger partial charge in [-0.25, -0.2) is 0 Å². The summed E-state index contributed by atoms with van der Waals surface area (Å²) in [4.78, 5) is 24.7. The molecule has 5 nitrogen and oxygen atoms in total. The summed E-state index contributed by atoms with van der Waals surface area (Å²) in [5.41, 5.74) is 1.29. The Morgan fingerprint density at radius 2 is 1.85 bits per heavy atom. The Morgan fingerprint density at radius 1 is 1.12 bits per heavy atom. The van der Waals surface area contributed by atoms with Crippen LogP contribution in [0.4, 0.5) is 0 Å². The van der Waals surface area contributed by atoms with Crippen molar-refractivity contribution in [2.24, 2.45) is 0 Å². The molecule has 0 aliphatic carbocycles. The molecule has 5 heteroatoms. The molecule has 0 fully saturated rings. The zero-order chi connectivity index (χ0) is 18.4. The van der Waals surface area contributed by atoms with Crippen LogP contribution >= 0.6 is 0 Å². The molecule has 3 aromatic rings. The zero-order valence-corrected chi connectivity index (χ0v) is 13.9. The molecular formula is C21H16N2O3. The van der Waals surface area contributed by atoms with Crippen molar-refractivity contribution in [1.82, 2.24) is 5.32 Å². The first-order valence-electron chi connectivity index (χ1n) is 8.13. The molecule has 1 N–H and O–H groups in total. The Labute approximate surface area is 150 Å². The number of carbonyl (C=O) groups is 1. The van der Waals surface area contributed by atoms with Gasteiger partial charge in [0.25, 0.3) is 5.91 Å². The van der Waals surface area contributed by atoms with Crippen molar-refractivity contribution in [2.45, 2.75) is 6.42 Å². The van der Waals surface area contributed by atoms with Gasteiger partial charge in [-0.2, -0.15) is 5.26 Å². The average molecular weight is 344 g/mol. The molecule has 0 saturated heterocycles. The van der Waals surface area contributed by atoms with Crippen molar-refractivity contribution >= 4 is 23.0 Å². The van der Waals surface area contributed by atoms with Crippen molar-refractivity contribution in [3.05, 3.63) is 87.8 Å². The number of carbonyl (C=O) groups excluding carboxylic acids is 1. The molecule has 3 rings (SSSR count). The van der Waals surface area contributed by atoms with Crippen molar-refractivity contribution in [3.8, 4) is 6.07 Å². The summed E-state index contributed by atoms with van der Waals surface area (Å²) in [5, 5.41) is 12.4. The highest BCUT2D eigenvalue weighted by molar-refractivity contribution is 6.01. The van der Waals surface area contributed by atoms with E-state index in [1.165, 1.54) is 12.3 Å². The van der Waals surface area contributed by atoms with Gasteiger partial charge >= 0.3 is 0 Å². The van der Waals surface area contributed by atoms with E-state index in [0.717, 1.165) is 5.56 Å². The van der Waals surface area contributed by atoms with Crippen molar-refractivity contribution in [2.75, 3.05) is 6.54 Å². The van der Waals surface area contributed by atoms with E-state index in [1.54, 1.807) is 24.3 Å². The number of fused-ring (bicyclic) bond motifs is 1. The molecule has 0 atom stereocenters. The van der Waals surface area contributed by atoms with Gasteiger partial charge in [-0.15, -0.1) is 0 Å². The summed E-state index contributed by atoms with van der Waals surface area (Å²) >= 11 is 0. The first-order chi connectivity index (χ1) is 12.7. The summed E-state index contributed by atoms with van der Waals surface area (Å²) in [6, 6.07) is 18.4. The third-order valence-electron chi connectivity index (χ3n) is 3.91. The molecule has 1 amide bonds. The minimum Gasteiger partial charge on any atom is -0.463 e. The minimum absolute atomic E-state index is 0.138. The molecule has 0 aliphatic heterocycles. The smallest absolute Gasteiger partial charge is 0.261 e.